The van der Waals surface area contributed by atoms with Gasteiger partial charge in [-0.1, -0.05) is 6.07 Å². The third kappa shape index (κ3) is 3.28. The Balaban J connectivity index is 1.53. The van der Waals surface area contributed by atoms with E-state index in [0.717, 1.165) is 30.0 Å². The molecule has 3 heterocycles. The Morgan fingerprint density at radius 3 is 3.00 bits per heavy atom. The van der Waals surface area contributed by atoms with Gasteiger partial charge in [0, 0.05) is 32.3 Å². The highest BCUT2D eigenvalue weighted by molar-refractivity contribution is 5.47. The molecule has 5 nitrogen and oxygen atoms in total. The van der Waals surface area contributed by atoms with Gasteiger partial charge in [0.1, 0.15) is 17.3 Å². The van der Waals surface area contributed by atoms with Crippen LogP contribution in [0.25, 0.3) is 11.6 Å². The number of pyridine rings is 1. The Hall–Kier alpha value is -3.04. The van der Waals surface area contributed by atoms with Crippen molar-refractivity contribution in [1.82, 2.24) is 14.9 Å². The van der Waals surface area contributed by atoms with Crippen molar-refractivity contribution in [3.63, 3.8) is 0 Å². The van der Waals surface area contributed by atoms with Crippen LogP contribution in [0.15, 0.2) is 47.0 Å². The summed E-state index contributed by atoms with van der Waals surface area (Å²) in [5, 5.41) is 8.97. The molecule has 0 atom stereocenters. The minimum absolute atomic E-state index is 0.339. The Kier molecular flexibility index (Phi) is 4.00. The normalized spacial score (nSPS) is 14.1. The Morgan fingerprint density at radius 1 is 1.28 bits per heavy atom. The summed E-state index contributed by atoms with van der Waals surface area (Å²) in [5.41, 5.74) is 2.73. The van der Waals surface area contributed by atoms with Crippen molar-refractivity contribution < 1.29 is 8.81 Å². The van der Waals surface area contributed by atoms with E-state index in [1.807, 2.05) is 24.3 Å². The predicted molar refractivity (Wildman–Crippen MR) is 88.7 cm³/mol. The van der Waals surface area contributed by atoms with Crippen molar-refractivity contribution in [3.8, 4) is 17.7 Å². The first-order valence-corrected chi connectivity index (χ1v) is 8.03. The molecular formula is C19H15FN4O. The van der Waals surface area contributed by atoms with Gasteiger partial charge in [0.05, 0.1) is 17.3 Å². The molecule has 0 saturated carbocycles. The summed E-state index contributed by atoms with van der Waals surface area (Å²) < 4.78 is 19.4. The van der Waals surface area contributed by atoms with Gasteiger partial charge in [-0.3, -0.25) is 9.88 Å². The van der Waals surface area contributed by atoms with Crippen molar-refractivity contribution in [1.29, 1.82) is 5.26 Å². The number of nitriles is 1. The molecule has 0 aliphatic carbocycles. The highest BCUT2D eigenvalue weighted by Gasteiger charge is 2.23. The minimum Gasteiger partial charge on any atom is -0.440 e. The third-order valence-electron chi connectivity index (χ3n) is 4.18. The van der Waals surface area contributed by atoms with E-state index in [2.05, 4.69) is 14.9 Å². The average molecular weight is 334 g/mol. The van der Waals surface area contributed by atoms with Gasteiger partial charge in [-0.15, -0.1) is 0 Å². The summed E-state index contributed by atoms with van der Waals surface area (Å²) in [7, 11) is 0. The molecular weight excluding hydrogens is 319 g/mol. The van der Waals surface area contributed by atoms with Crippen LogP contribution in [0.4, 0.5) is 4.39 Å². The Morgan fingerprint density at radius 2 is 2.20 bits per heavy atom. The second-order valence-corrected chi connectivity index (χ2v) is 6.02. The lowest BCUT2D eigenvalue weighted by molar-refractivity contribution is 0.232. The molecule has 3 aromatic rings. The van der Waals surface area contributed by atoms with Crippen LogP contribution < -0.4 is 0 Å². The van der Waals surface area contributed by atoms with Crippen molar-refractivity contribution in [2.75, 3.05) is 6.54 Å². The van der Waals surface area contributed by atoms with Gasteiger partial charge in [0.25, 0.3) is 0 Å². The average Bonchev–Trinajstić information content (AvgIpc) is 3.05. The fourth-order valence-electron chi connectivity index (χ4n) is 3.05. The van der Waals surface area contributed by atoms with Crippen LogP contribution in [-0.2, 0) is 19.5 Å². The van der Waals surface area contributed by atoms with Crippen LogP contribution in [0.3, 0.4) is 0 Å². The summed E-state index contributed by atoms with van der Waals surface area (Å²) in [6.45, 7) is 1.99. The van der Waals surface area contributed by atoms with Crippen molar-refractivity contribution >= 4 is 0 Å². The van der Waals surface area contributed by atoms with Crippen molar-refractivity contribution in [3.05, 3.63) is 71.0 Å². The number of halogens is 1. The molecule has 1 aliphatic rings. The quantitative estimate of drug-likeness (QED) is 0.735. The number of hydrogen-bond donors (Lipinski definition) is 0. The van der Waals surface area contributed by atoms with Crippen LogP contribution in [-0.4, -0.2) is 21.4 Å². The van der Waals surface area contributed by atoms with Gasteiger partial charge in [-0.2, -0.15) is 5.26 Å². The molecule has 0 spiro atoms. The number of aromatic nitrogens is 2. The van der Waals surface area contributed by atoms with Gasteiger partial charge in [0.2, 0.25) is 5.89 Å². The van der Waals surface area contributed by atoms with E-state index in [9.17, 15) is 4.39 Å². The molecule has 25 heavy (non-hydrogen) atoms. The van der Waals surface area contributed by atoms with E-state index in [0.29, 0.717) is 30.2 Å². The molecule has 2 aromatic heterocycles. The maximum Gasteiger partial charge on any atom is 0.245 e. The maximum absolute atomic E-state index is 13.6. The highest BCUT2D eigenvalue weighted by Crippen LogP contribution is 2.26. The molecule has 0 bridgehead atoms. The molecule has 1 aromatic carbocycles. The fourth-order valence-corrected chi connectivity index (χ4v) is 3.05. The van der Waals surface area contributed by atoms with Crippen molar-refractivity contribution in [2.45, 2.75) is 19.5 Å². The smallest absolute Gasteiger partial charge is 0.245 e. The zero-order chi connectivity index (χ0) is 17.2. The van der Waals surface area contributed by atoms with E-state index in [1.165, 1.54) is 12.1 Å². The number of fused-ring (bicyclic) bond motifs is 1. The summed E-state index contributed by atoms with van der Waals surface area (Å²) in [6, 6.07) is 12.0. The number of nitrogens with zero attached hydrogens (tertiary/aromatic N) is 4. The fraction of sp³-hybridized carbons (Fsp3) is 0.211. The summed E-state index contributed by atoms with van der Waals surface area (Å²) >= 11 is 0. The number of oxazole rings is 1. The first-order chi connectivity index (χ1) is 12.2. The van der Waals surface area contributed by atoms with Gasteiger partial charge in [0.15, 0.2) is 0 Å². The molecule has 0 N–H and O–H groups in total. The molecule has 0 unspecified atom stereocenters. The van der Waals surface area contributed by atoms with Gasteiger partial charge < -0.3 is 4.42 Å². The van der Waals surface area contributed by atoms with Gasteiger partial charge >= 0.3 is 0 Å². The minimum atomic E-state index is -0.384. The van der Waals surface area contributed by atoms with Crippen LogP contribution in [0.2, 0.25) is 0 Å². The number of hydrogen-bond acceptors (Lipinski definition) is 5. The second kappa shape index (κ2) is 6.46. The summed E-state index contributed by atoms with van der Waals surface area (Å²) in [6.07, 6.45) is 2.46. The second-order valence-electron chi connectivity index (χ2n) is 6.02. The summed E-state index contributed by atoms with van der Waals surface area (Å²) in [4.78, 5) is 11.0. The van der Waals surface area contributed by atoms with E-state index >= 15 is 0 Å². The van der Waals surface area contributed by atoms with E-state index < -0.39 is 0 Å². The predicted octanol–water partition coefficient (Wildman–Crippen LogP) is 3.31. The molecule has 6 heteroatoms. The lowest BCUT2D eigenvalue weighted by atomic mass is 10.1. The third-order valence-corrected chi connectivity index (χ3v) is 4.18. The largest absolute Gasteiger partial charge is 0.440 e. The van der Waals surface area contributed by atoms with Gasteiger partial charge in [-0.25, -0.2) is 9.37 Å². The lowest BCUT2D eigenvalue weighted by Crippen LogP contribution is -2.29. The zero-order valence-corrected chi connectivity index (χ0v) is 13.4. The zero-order valence-electron chi connectivity index (χ0n) is 13.4. The van der Waals surface area contributed by atoms with Crippen LogP contribution in [0, 0.1) is 17.1 Å². The molecule has 1 aliphatic heterocycles. The first-order valence-electron chi connectivity index (χ1n) is 8.03. The molecule has 124 valence electrons. The monoisotopic (exact) mass is 334 g/mol. The van der Waals surface area contributed by atoms with Crippen LogP contribution >= 0.6 is 0 Å². The molecule has 0 fully saturated rings. The SMILES string of the molecule is N#Cc1cc(F)cc(CN2CCc3oc(-c4ccccn4)nc3C2)c1. The topological polar surface area (TPSA) is 66.0 Å². The lowest BCUT2D eigenvalue weighted by Gasteiger charge is -2.25. The van der Waals surface area contributed by atoms with Crippen LogP contribution in [0.5, 0.6) is 0 Å². The molecule has 0 radical (unpaired) electrons. The molecule has 4 rings (SSSR count). The van der Waals surface area contributed by atoms with Crippen LogP contribution in [0.1, 0.15) is 22.6 Å². The summed E-state index contributed by atoms with van der Waals surface area (Å²) in [5.74, 6) is 1.03. The van der Waals surface area contributed by atoms with E-state index in [1.54, 1.807) is 12.3 Å². The molecule has 0 saturated heterocycles. The van der Waals surface area contributed by atoms with E-state index in [-0.39, 0.29) is 5.82 Å². The first kappa shape index (κ1) is 15.5. The van der Waals surface area contributed by atoms with E-state index in [4.69, 9.17) is 9.68 Å². The Bertz CT molecular complexity index is 946. The standard InChI is InChI=1S/C19H15FN4O/c20-15-8-13(10-21)7-14(9-15)11-24-6-4-18-17(12-24)23-19(25-18)16-3-1-2-5-22-16/h1-3,5,7-9H,4,6,11-12H2. The Labute approximate surface area is 144 Å². The number of rotatable bonds is 3. The molecule has 0 amide bonds. The van der Waals surface area contributed by atoms with Crippen molar-refractivity contribution in [2.24, 2.45) is 0 Å². The highest BCUT2D eigenvalue weighted by atomic mass is 19.1. The van der Waals surface area contributed by atoms with Gasteiger partial charge in [-0.05, 0) is 35.9 Å². The maximum atomic E-state index is 13.6. The number of benzene rings is 1.